The Kier molecular flexibility index (Phi) is 5.64. The van der Waals surface area contributed by atoms with Gasteiger partial charge in [-0.1, -0.05) is 12.8 Å². The molecule has 2 aliphatic rings. The summed E-state index contributed by atoms with van der Waals surface area (Å²) in [5.41, 5.74) is 5.68. The summed E-state index contributed by atoms with van der Waals surface area (Å²) in [7, 11) is 0. The molecule has 2 unspecified atom stereocenters. The fraction of sp³-hybridized carbons (Fsp3) is 0.933. The van der Waals surface area contributed by atoms with Crippen LogP contribution in [-0.2, 0) is 4.79 Å². The van der Waals surface area contributed by atoms with E-state index < -0.39 is 0 Å². The van der Waals surface area contributed by atoms with E-state index in [-0.39, 0.29) is 18.1 Å². The predicted octanol–water partition coefficient (Wildman–Crippen LogP) is 1.56. The van der Waals surface area contributed by atoms with Gasteiger partial charge in [-0.15, -0.1) is 0 Å². The lowest BCUT2D eigenvalue weighted by Crippen LogP contribution is -2.45. The second-order valence-electron chi connectivity index (χ2n) is 6.35. The fourth-order valence-corrected chi connectivity index (χ4v) is 3.48. The third-order valence-electron chi connectivity index (χ3n) is 4.85. The van der Waals surface area contributed by atoms with Crippen LogP contribution in [0.5, 0.6) is 0 Å². The monoisotopic (exact) mass is 268 g/mol. The lowest BCUT2D eigenvalue weighted by Gasteiger charge is -2.30. The van der Waals surface area contributed by atoms with Crippen molar-refractivity contribution < 1.29 is 9.90 Å². The number of amides is 1. The van der Waals surface area contributed by atoms with E-state index in [9.17, 15) is 9.90 Å². The topological polar surface area (TPSA) is 75.4 Å². The number of rotatable bonds is 4. The molecule has 0 radical (unpaired) electrons. The number of carbonyl (C=O) groups is 1. The lowest BCUT2D eigenvalue weighted by atomic mass is 9.80. The van der Waals surface area contributed by atoms with Gasteiger partial charge in [0.25, 0.3) is 0 Å². The number of carbonyl (C=O) groups excluding carboxylic acids is 1. The van der Waals surface area contributed by atoms with Gasteiger partial charge in [0.1, 0.15) is 0 Å². The Bertz CT molecular complexity index is 288. The summed E-state index contributed by atoms with van der Waals surface area (Å²) in [6.45, 7) is 0.785. The molecule has 0 bridgehead atoms. The second-order valence-corrected chi connectivity index (χ2v) is 6.35. The largest absolute Gasteiger partial charge is 0.391 e. The first-order chi connectivity index (χ1) is 9.19. The van der Waals surface area contributed by atoms with E-state index in [0.29, 0.717) is 18.3 Å². The van der Waals surface area contributed by atoms with Crippen molar-refractivity contribution in [2.45, 2.75) is 69.9 Å². The molecule has 2 aliphatic carbocycles. The minimum absolute atomic E-state index is 0.0124. The van der Waals surface area contributed by atoms with Gasteiger partial charge in [-0.25, -0.2) is 0 Å². The van der Waals surface area contributed by atoms with Crippen LogP contribution in [0.15, 0.2) is 0 Å². The molecule has 2 rings (SSSR count). The summed E-state index contributed by atoms with van der Waals surface area (Å²) >= 11 is 0. The number of nitrogens with two attached hydrogens (primary N) is 1. The molecular formula is C15H28N2O2. The summed E-state index contributed by atoms with van der Waals surface area (Å²) in [6, 6.07) is -0.0124. The van der Waals surface area contributed by atoms with Crippen LogP contribution in [0, 0.1) is 11.8 Å². The smallest absolute Gasteiger partial charge is 0.220 e. The van der Waals surface area contributed by atoms with Crippen molar-refractivity contribution in [1.82, 2.24) is 5.32 Å². The van der Waals surface area contributed by atoms with Crippen molar-refractivity contribution >= 4 is 5.91 Å². The van der Waals surface area contributed by atoms with Crippen LogP contribution < -0.4 is 11.1 Å². The molecule has 19 heavy (non-hydrogen) atoms. The molecule has 2 atom stereocenters. The Hall–Kier alpha value is -0.610. The number of aliphatic hydroxyl groups is 1. The quantitative estimate of drug-likeness (QED) is 0.724. The third-order valence-corrected chi connectivity index (χ3v) is 4.85. The van der Waals surface area contributed by atoms with Gasteiger partial charge in [-0.05, 0) is 56.9 Å². The zero-order chi connectivity index (χ0) is 13.7. The predicted molar refractivity (Wildman–Crippen MR) is 75.5 cm³/mol. The molecule has 110 valence electrons. The van der Waals surface area contributed by atoms with E-state index in [4.69, 9.17) is 5.73 Å². The van der Waals surface area contributed by atoms with Crippen LogP contribution >= 0.6 is 0 Å². The van der Waals surface area contributed by atoms with Gasteiger partial charge >= 0.3 is 0 Å². The van der Waals surface area contributed by atoms with Crippen LogP contribution in [0.3, 0.4) is 0 Å². The summed E-state index contributed by atoms with van der Waals surface area (Å²) in [5.74, 6) is 1.31. The molecule has 0 aliphatic heterocycles. The first-order valence-corrected chi connectivity index (χ1v) is 7.86. The lowest BCUT2D eigenvalue weighted by molar-refractivity contribution is -0.124. The Morgan fingerprint density at radius 2 is 1.68 bits per heavy atom. The molecule has 0 heterocycles. The maximum absolute atomic E-state index is 12.0. The summed E-state index contributed by atoms with van der Waals surface area (Å²) in [6.07, 6.45) is 8.82. The number of hydrogen-bond acceptors (Lipinski definition) is 3. The summed E-state index contributed by atoms with van der Waals surface area (Å²) in [4.78, 5) is 12.0. The summed E-state index contributed by atoms with van der Waals surface area (Å²) in [5, 5.41) is 12.9. The van der Waals surface area contributed by atoms with Gasteiger partial charge in [-0.3, -0.25) is 4.79 Å². The van der Waals surface area contributed by atoms with E-state index >= 15 is 0 Å². The van der Waals surface area contributed by atoms with Gasteiger partial charge in [0.15, 0.2) is 0 Å². The number of hydrogen-bond donors (Lipinski definition) is 3. The minimum atomic E-state index is -0.342. The van der Waals surface area contributed by atoms with Crippen LogP contribution in [-0.4, -0.2) is 29.7 Å². The normalized spacial score (nSPS) is 35.9. The van der Waals surface area contributed by atoms with E-state index in [2.05, 4.69) is 5.32 Å². The summed E-state index contributed by atoms with van der Waals surface area (Å²) < 4.78 is 0. The van der Waals surface area contributed by atoms with Crippen LogP contribution in [0.4, 0.5) is 0 Å². The van der Waals surface area contributed by atoms with Crippen molar-refractivity contribution in [3.05, 3.63) is 0 Å². The van der Waals surface area contributed by atoms with E-state index in [0.717, 1.165) is 45.1 Å². The van der Waals surface area contributed by atoms with E-state index in [1.54, 1.807) is 0 Å². The van der Waals surface area contributed by atoms with Crippen LogP contribution in [0.25, 0.3) is 0 Å². The van der Waals surface area contributed by atoms with Crippen molar-refractivity contribution in [3.63, 3.8) is 0 Å². The molecule has 2 saturated carbocycles. The molecule has 4 nitrogen and oxygen atoms in total. The minimum Gasteiger partial charge on any atom is -0.391 e. The van der Waals surface area contributed by atoms with Crippen molar-refractivity contribution in [1.29, 1.82) is 0 Å². The highest BCUT2D eigenvalue weighted by atomic mass is 16.3. The maximum Gasteiger partial charge on any atom is 0.220 e. The highest BCUT2D eigenvalue weighted by Crippen LogP contribution is 2.30. The number of aliphatic hydroxyl groups excluding tert-OH is 1. The van der Waals surface area contributed by atoms with Gasteiger partial charge in [0.2, 0.25) is 5.91 Å². The average molecular weight is 268 g/mol. The van der Waals surface area contributed by atoms with Gasteiger partial charge in [0.05, 0.1) is 12.1 Å². The Morgan fingerprint density at radius 3 is 2.32 bits per heavy atom. The zero-order valence-corrected chi connectivity index (χ0v) is 11.8. The molecule has 0 spiro atoms. The zero-order valence-electron chi connectivity index (χ0n) is 11.8. The first kappa shape index (κ1) is 14.8. The molecule has 1 amide bonds. The fourth-order valence-electron chi connectivity index (χ4n) is 3.48. The van der Waals surface area contributed by atoms with Gasteiger partial charge < -0.3 is 16.2 Å². The SMILES string of the molecule is NCC1CCC(CC(=O)NC2CCCCC2O)CC1. The Morgan fingerprint density at radius 1 is 1.05 bits per heavy atom. The first-order valence-electron chi connectivity index (χ1n) is 7.86. The Balaban J connectivity index is 1.69. The highest BCUT2D eigenvalue weighted by molar-refractivity contribution is 5.76. The molecule has 2 fully saturated rings. The van der Waals surface area contributed by atoms with Crippen LogP contribution in [0.1, 0.15) is 57.8 Å². The molecule has 0 aromatic heterocycles. The van der Waals surface area contributed by atoms with Gasteiger partial charge in [0, 0.05) is 6.42 Å². The number of nitrogens with one attached hydrogen (secondary N) is 1. The van der Waals surface area contributed by atoms with Crippen molar-refractivity contribution in [2.75, 3.05) is 6.54 Å². The van der Waals surface area contributed by atoms with E-state index in [1.165, 1.54) is 12.8 Å². The molecule has 0 aromatic carbocycles. The molecule has 0 aromatic rings. The molecule has 4 N–H and O–H groups in total. The Labute approximate surface area is 116 Å². The van der Waals surface area contributed by atoms with Gasteiger partial charge in [-0.2, -0.15) is 0 Å². The van der Waals surface area contributed by atoms with Crippen molar-refractivity contribution in [2.24, 2.45) is 17.6 Å². The maximum atomic E-state index is 12.0. The van der Waals surface area contributed by atoms with Crippen molar-refractivity contribution in [3.8, 4) is 0 Å². The second kappa shape index (κ2) is 7.25. The average Bonchev–Trinajstić information content (AvgIpc) is 2.42. The van der Waals surface area contributed by atoms with Crippen LogP contribution in [0.2, 0.25) is 0 Å². The highest BCUT2D eigenvalue weighted by Gasteiger charge is 2.26. The van der Waals surface area contributed by atoms with E-state index in [1.807, 2.05) is 0 Å². The third kappa shape index (κ3) is 4.46. The molecule has 0 saturated heterocycles. The molecular weight excluding hydrogens is 240 g/mol. The molecule has 4 heteroatoms. The standard InChI is InChI=1S/C15H28N2O2/c16-10-12-7-5-11(6-8-12)9-15(19)17-13-3-1-2-4-14(13)18/h11-14,18H,1-10,16H2,(H,17,19).